The van der Waals surface area contributed by atoms with Crippen molar-refractivity contribution in [2.24, 2.45) is 0 Å². The Balaban J connectivity index is 1.48. The largest absolute Gasteiger partial charge is 0.487 e. The highest BCUT2D eigenvalue weighted by Crippen LogP contribution is 2.39. The van der Waals surface area contributed by atoms with Crippen LogP contribution in [0.25, 0.3) is 0 Å². The van der Waals surface area contributed by atoms with Gasteiger partial charge in [-0.15, -0.1) is 0 Å². The van der Waals surface area contributed by atoms with Crippen molar-refractivity contribution in [1.82, 2.24) is 5.32 Å². The highest BCUT2D eigenvalue weighted by molar-refractivity contribution is 5.81. The van der Waals surface area contributed by atoms with Gasteiger partial charge >= 0.3 is 0 Å². The van der Waals surface area contributed by atoms with Crippen LogP contribution in [0.3, 0.4) is 0 Å². The number of para-hydroxylation sites is 1. The third-order valence-corrected chi connectivity index (χ3v) is 5.72. The molecule has 0 fully saturated rings. The molecule has 1 N–H and O–H groups in total. The van der Waals surface area contributed by atoms with Crippen molar-refractivity contribution in [1.29, 1.82) is 0 Å². The van der Waals surface area contributed by atoms with Crippen LogP contribution >= 0.6 is 0 Å². The molecule has 2 aliphatic rings. The molecule has 4 rings (SSSR count). The minimum Gasteiger partial charge on any atom is -0.487 e. The van der Waals surface area contributed by atoms with Crippen LogP contribution in [0.15, 0.2) is 42.5 Å². The van der Waals surface area contributed by atoms with Gasteiger partial charge in [0.15, 0.2) is 6.10 Å². The molecule has 0 saturated heterocycles. The SMILES string of the molecule is C[C@H](Oc1cccc2c1CCCC2)C(=O)N[C@H]1CC(C)(C)Oc2ccccc21. The topological polar surface area (TPSA) is 47.6 Å². The number of fused-ring (bicyclic) bond motifs is 2. The lowest BCUT2D eigenvalue weighted by Crippen LogP contribution is -2.44. The summed E-state index contributed by atoms with van der Waals surface area (Å²) in [5.41, 5.74) is 3.33. The van der Waals surface area contributed by atoms with Crippen LogP contribution in [0.4, 0.5) is 0 Å². The summed E-state index contributed by atoms with van der Waals surface area (Å²) in [5, 5.41) is 3.19. The summed E-state index contributed by atoms with van der Waals surface area (Å²) in [6.07, 6.45) is 4.71. The van der Waals surface area contributed by atoms with E-state index in [4.69, 9.17) is 9.47 Å². The summed E-state index contributed by atoms with van der Waals surface area (Å²) in [4.78, 5) is 12.9. The maximum Gasteiger partial charge on any atom is 0.261 e. The Morgan fingerprint density at radius 2 is 1.93 bits per heavy atom. The Bertz CT molecular complexity index is 874. The molecule has 1 aliphatic heterocycles. The molecule has 1 heterocycles. The number of nitrogens with one attached hydrogen (secondary N) is 1. The van der Waals surface area contributed by atoms with Crippen molar-refractivity contribution in [3.63, 3.8) is 0 Å². The number of ether oxygens (including phenoxy) is 2. The van der Waals surface area contributed by atoms with Crippen molar-refractivity contribution in [3.05, 3.63) is 59.2 Å². The summed E-state index contributed by atoms with van der Waals surface area (Å²) in [7, 11) is 0. The average molecular weight is 380 g/mol. The molecule has 2 aromatic carbocycles. The van der Waals surface area contributed by atoms with Gasteiger partial charge < -0.3 is 14.8 Å². The summed E-state index contributed by atoms with van der Waals surface area (Å²) in [6.45, 7) is 5.94. The fourth-order valence-corrected chi connectivity index (χ4v) is 4.32. The normalized spacial score (nSPS) is 20.9. The van der Waals surface area contributed by atoms with Crippen LogP contribution in [0.5, 0.6) is 11.5 Å². The Hall–Kier alpha value is -2.49. The second-order valence-corrected chi connectivity index (χ2v) is 8.53. The Morgan fingerprint density at radius 3 is 2.79 bits per heavy atom. The van der Waals surface area contributed by atoms with Crippen LogP contribution in [-0.4, -0.2) is 17.6 Å². The van der Waals surface area contributed by atoms with Crippen LogP contribution < -0.4 is 14.8 Å². The van der Waals surface area contributed by atoms with Gasteiger partial charge in [-0.3, -0.25) is 4.79 Å². The third-order valence-electron chi connectivity index (χ3n) is 5.72. The van der Waals surface area contributed by atoms with Gasteiger partial charge in [0, 0.05) is 12.0 Å². The molecule has 0 aromatic heterocycles. The first-order chi connectivity index (χ1) is 13.4. The van der Waals surface area contributed by atoms with Gasteiger partial charge in [0.05, 0.1) is 6.04 Å². The van der Waals surface area contributed by atoms with Crippen molar-refractivity contribution >= 4 is 5.91 Å². The molecule has 0 unspecified atom stereocenters. The quantitative estimate of drug-likeness (QED) is 0.834. The van der Waals surface area contributed by atoms with E-state index in [1.54, 1.807) is 0 Å². The maximum atomic E-state index is 12.9. The van der Waals surface area contributed by atoms with Gasteiger partial charge in [0.25, 0.3) is 5.91 Å². The minimum atomic E-state index is -0.549. The summed E-state index contributed by atoms with van der Waals surface area (Å²) in [5.74, 6) is 1.60. The zero-order valence-corrected chi connectivity index (χ0v) is 17.0. The summed E-state index contributed by atoms with van der Waals surface area (Å²) < 4.78 is 12.2. The lowest BCUT2D eigenvalue weighted by Gasteiger charge is -2.38. The zero-order valence-electron chi connectivity index (χ0n) is 17.0. The molecule has 148 valence electrons. The molecule has 0 radical (unpaired) electrons. The lowest BCUT2D eigenvalue weighted by molar-refractivity contribution is -0.128. The summed E-state index contributed by atoms with van der Waals surface area (Å²) in [6, 6.07) is 14.0. The molecule has 0 bridgehead atoms. The fraction of sp³-hybridized carbons (Fsp3) is 0.458. The first-order valence-corrected chi connectivity index (χ1v) is 10.3. The standard InChI is InChI=1S/C24H29NO3/c1-16(27-21-14-8-10-17-9-4-5-11-18(17)21)23(26)25-20-15-24(2,3)28-22-13-7-6-12-19(20)22/h6-8,10,12-14,16,20H,4-5,9,11,15H2,1-3H3,(H,25,26)/t16-,20-/m0/s1. The molecule has 1 aliphatic carbocycles. The number of carbonyl (C=O) groups is 1. The molecule has 2 aromatic rings. The highest BCUT2D eigenvalue weighted by atomic mass is 16.5. The molecule has 4 heteroatoms. The van der Waals surface area contributed by atoms with Crippen LogP contribution in [0.2, 0.25) is 0 Å². The number of benzene rings is 2. The highest BCUT2D eigenvalue weighted by Gasteiger charge is 2.35. The minimum absolute atomic E-state index is 0.0804. The van der Waals surface area contributed by atoms with Gasteiger partial charge in [0.2, 0.25) is 0 Å². The second kappa shape index (κ2) is 7.50. The van der Waals surface area contributed by atoms with E-state index >= 15 is 0 Å². The Labute approximate surface area is 167 Å². The van der Waals surface area contributed by atoms with Gasteiger partial charge in [0.1, 0.15) is 17.1 Å². The monoisotopic (exact) mass is 379 g/mol. The lowest BCUT2D eigenvalue weighted by atomic mass is 9.89. The van der Waals surface area contributed by atoms with Crippen molar-refractivity contribution in [2.75, 3.05) is 0 Å². The van der Waals surface area contributed by atoms with E-state index in [1.807, 2.05) is 43.3 Å². The zero-order chi connectivity index (χ0) is 19.7. The first kappa shape index (κ1) is 18.9. The van der Waals surface area contributed by atoms with Crippen LogP contribution in [-0.2, 0) is 17.6 Å². The van der Waals surface area contributed by atoms with E-state index in [9.17, 15) is 4.79 Å². The van der Waals surface area contributed by atoms with Crippen LogP contribution in [0.1, 0.15) is 62.8 Å². The van der Waals surface area contributed by atoms with Gasteiger partial charge in [-0.25, -0.2) is 0 Å². The van der Waals surface area contributed by atoms with Crippen molar-refractivity contribution < 1.29 is 14.3 Å². The first-order valence-electron chi connectivity index (χ1n) is 10.3. The number of carbonyl (C=O) groups excluding carboxylic acids is 1. The molecular formula is C24H29NO3. The molecular weight excluding hydrogens is 350 g/mol. The Kier molecular flexibility index (Phi) is 5.05. The van der Waals surface area contributed by atoms with E-state index in [-0.39, 0.29) is 17.6 Å². The number of rotatable bonds is 4. The number of hydrogen-bond acceptors (Lipinski definition) is 3. The van der Waals surface area contributed by atoms with Crippen molar-refractivity contribution in [2.45, 2.75) is 70.6 Å². The number of hydrogen-bond donors (Lipinski definition) is 1. The molecule has 1 amide bonds. The van der Waals surface area contributed by atoms with E-state index in [0.717, 1.165) is 36.3 Å². The van der Waals surface area contributed by atoms with Gasteiger partial charge in [-0.2, -0.15) is 0 Å². The van der Waals surface area contributed by atoms with E-state index in [2.05, 4.69) is 25.2 Å². The van der Waals surface area contributed by atoms with Gasteiger partial charge in [-0.05, 0) is 69.7 Å². The van der Waals surface area contributed by atoms with Crippen LogP contribution in [0, 0.1) is 0 Å². The van der Waals surface area contributed by atoms with Gasteiger partial charge in [-0.1, -0.05) is 30.3 Å². The van der Waals surface area contributed by atoms with E-state index in [1.165, 1.54) is 24.0 Å². The average Bonchev–Trinajstić information content (AvgIpc) is 2.67. The molecule has 0 saturated carbocycles. The third kappa shape index (κ3) is 3.87. The molecule has 4 nitrogen and oxygen atoms in total. The predicted molar refractivity (Wildman–Crippen MR) is 110 cm³/mol. The number of aryl methyl sites for hydroxylation is 1. The second-order valence-electron chi connectivity index (χ2n) is 8.53. The molecule has 28 heavy (non-hydrogen) atoms. The van der Waals surface area contributed by atoms with E-state index in [0.29, 0.717) is 0 Å². The molecule has 2 atom stereocenters. The smallest absolute Gasteiger partial charge is 0.261 e. The number of amides is 1. The predicted octanol–water partition coefficient (Wildman–Crippen LogP) is 4.75. The molecule has 0 spiro atoms. The van der Waals surface area contributed by atoms with Crippen molar-refractivity contribution in [3.8, 4) is 11.5 Å². The maximum absolute atomic E-state index is 12.9. The summed E-state index contributed by atoms with van der Waals surface area (Å²) >= 11 is 0. The fourth-order valence-electron chi connectivity index (χ4n) is 4.32. The Morgan fingerprint density at radius 1 is 1.14 bits per heavy atom. The van der Waals surface area contributed by atoms with E-state index < -0.39 is 6.10 Å².